The van der Waals surface area contributed by atoms with Crippen LogP contribution in [0.2, 0.25) is 0 Å². The maximum Gasteiger partial charge on any atom is 0.0693 e. The summed E-state index contributed by atoms with van der Waals surface area (Å²) in [6.45, 7) is 2.13. The van der Waals surface area contributed by atoms with Gasteiger partial charge in [-0.3, -0.25) is 4.98 Å². The third kappa shape index (κ3) is 3.51. The minimum Gasteiger partial charge on any atom is -0.392 e. The highest BCUT2D eigenvalue weighted by atomic mass is 16.3. The Morgan fingerprint density at radius 3 is 2.94 bits per heavy atom. The molecule has 1 aliphatic rings. The number of rotatable bonds is 3. The van der Waals surface area contributed by atoms with Crippen molar-refractivity contribution in [1.82, 2.24) is 10.3 Å². The van der Waals surface area contributed by atoms with E-state index in [1.807, 2.05) is 12.3 Å². The van der Waals surface area contributed by atoms with E-state index in [1.165, 1.54) is 18.4 Å². The predicted molar refractivity (Wildman–Crippen MR) is 68.7 cm³/mol. The summed E-state index contributed by atoms with van der Waals surface area (Å²) in [5.74, 6) is 0. The van der Waals surface area contributed by atoms with Crippen LogP contribution < -0.4 is 5.32 Å². The molecule has 1 heterocycles. The van der Waals surface area contributed by atoms with Crippen LogP contribution >= 0.6 is 0 Å². The molecule has 0 aliphatic heterocycles. The lowest BCUT2D eigenvalue weighted by Gasteiger charge is -2.26. The fourth-order valence-corrected chi connectivity index (χ4v) is 2.53. The topological polar surface area (TPSA) is 45.1 Å². The van der Waals surface area contributed by atoms with Crippen LogP contribution in [0.1, 0.15) is 50.6 Å². The molecule has 2 N–H and O–H groups in total. The lowest BCUT2D eigenvalue weighted by Crippen LogP contribution is -2.40. The molecule has 1 fully saturated rings. The van der Waals surface area contributed by atoms with Gasteiger partial charge in [-0.2, -0.15) is 0 Å². The lowest BCUT2D eigenvalue weighted by molar-refractivity contribution is 0.115. The van der Waals surface area contributed by atoms with Crippen LogP contribution in [0.4, 0.5) is 0 Å². The van der Waals surface area contributed by atoms with Crippen molar-refractivity contribution in [3.05, 3.63) is 30.1 Å². The average Bonchev–Trinajstić information content (AvgIpc) is 2.56. The van der Waals surface area contributed by atoms with Crippen LogP contribution in [0.25, 0.3) is 0 Å². The molecule has 0 bridgehead atoms. The first-order valence-corrected chi connectivity index (χ1v) is 6.61. The highest BCUT2D eigenvalue weighted by Gasteiger charge is 2.23. The van der Waals surface area contributed by atoms with Crippen molar-refractivity contribution in [2.75, 3.05) is 0 Å². The second kappa shape index (κ2) is 6.12. The molecule has 94 valence electrons. The summed E-state index contributed by atoms with van der Waals surface area (Å²) in [6, 6.07) is 4.51. The first-order valence-electron chi connectivity index (χ1n) is 6.61. The number of nitrogens with one attached hydrogen (secondary N) is 1. The van der Waals surface area contributed by atoms with E-state index in [0.717, 1.165) is 19.3 Å². The molecule has 2 unspecified atom stereocenters. The molecule has 17 heavy (non-hydrogen) atoms. The van der Waals surface area contributed by atoms with Gasteiger partial charge in [-0.05, 0) is 31.4 Å². The Morgan fingerprint density at radius 1 is 1.35 bits per heavy atom. The minimum absolute atomic E-state index is 0.198. The Morgan fingerprint density at radius 2 is 2.18 bits per heavy atom. The maximum absolute atomic E-state index is 10.1. The van der Waals surface area contributed by atoms with E-state index in [2.05, 4.69) is 23.3 Å². The standard InChI is InChI=1S/C14H22N2O/c1-11(12-6-5-9-15-10-12)16-13-7-3-2-4-8-14(13)17/h5-6,9-11,13-14,16-17H,2-4,7-8H2,1H3/t11-,13?,14?/m1/s1. The normalized spacial score (nSPS) is 27.4. The zero-order chi connectivity index (χ0) is 12.1. The molecule has 1 aromatic heterocycles. The van der Waals surface area contributed by atoms with Crippen LogP contribution in [0, 0.1) is 0 Å². The summed E-state index contributed by atoms with van der Waals surface area (Å²) in [4.78, 5) is 4.13. The zero-order valence-electron chi connectivity index (χ0n) is 10.5. The van der Waals surface area contributed by atoms with E-state index in [-0.39, 0.29) is 18.2 Å². The Balaban J connectivity index is 1.95. The molecule has 1 aliphatic carbocycles. The molecule has 0 radical (unpaired) electrons. The molecule has 1 aromatic rings. The minimum atomic E-state index is -0.198. The lowest BCUT2D eigenvalue weighted by atomic mass is 10.0. The largest absolute Gasteiger partial charge is 0.392 e. The van der Waals surface area contributed by atoms with Crippen molar-refractivity contribution in [1.29, 1.82) is 0 Å². The number of aliphatic hydroxyl groups is 1. The van der Waals surface area contributed by atoms with Crippen molar-refractivity contribution in [3.8, 4) is 0 Å². The van der Waals surface area contributed by atoms with Gasteiger partial charge < -0.3 is 10.4 Å². The molecule has 0 saturated heterocycles. The van der Waals surface area contributed by atoms with Gasteiger partial charge >= 0.3 is 0 Å². The van der Waals surface area contributed by atoms with E-state index >= 15 is 0 Å². The molecule has 1 saturated carbocycles. The van der Waals surface area contributed by atoms with Gasteiger partial charge in [0.1, 0.15) is 0 Å². The number of nitrogens with zero attached hydrogens (tertiary/aromatic N) is 1. The highest BCUT2D eigenvalue weighted by Crippen LogP contribution is 2.21. The van der Waals surface area contributed by atoms with Crippen molar-refractivity contribution in [2.45, 2.75) is 57.2 Å². The molecule has 0 aromatic carbocycles. The Hall–Kier alpha value is -0.930. The quantitative estimate of drug-likeness (QED) is 0.790. The number of hydrogen-bond acceptors (Lipinski definition) is 3. The first kappa shape index (κ1) is 12.5. The monoisotopic (exact) mass is 234 g/mol. The van der Waals surface area contributed by atoms with E-state index in [1.54, 1.807) is 6.20 Å². The first-order chi connectivity index (χ1) is 8.27. The van der Waals surface area contributed by atoms with Crippen LogP contribution in [0.3, 0.4) is 0 Å². The molecule has 0 spiro atoms. The summed E-state index contributed by atoms with van der Waals surface area (Å²) >= 11 is 0. The van der Waals surface area contributed by atoms with Crippen LogP contribution in [-0.4, -0.2) is 22.2 Å². The summed E-state index contributed by atoms with van der Waals surface area (Å²) < 4.78 is 0. The number of aromatic nitrogens is 1. The van der Waals surface area contributed by atoms with Crippen molar-refractivity contribution >= 4 is 0 Å². The van der Waals surface area contributed by atoms with Crippen LogP contribution in [0.15, 0.2) is 24.5 Å². The number of aliphatic hydroxyl groups excluding tert-OH is 1. The Bertz CT molecular complexity index is 328. The molecule has 2 rings (SSSR count). The van der Waals surface area contributed by atoms with Gasteiger partial charge in [0.15, 0.2) is 0 Å². The van der Waals surface area contributed by atoms with E-state index in [4.69, 9.17) is 0 Å². The summed E-state index contributed by atoms with van der Waals surface area (Å²) in [6.07, 6.45) is 9.10. The van der Waals surface area contributed by atoms with Crippen molar-refractivity contribution in [2.24, 2.45) is 0 Å². The van der Waals surface area contributed by atoms with Gasteiger partial charge in [0.2, 0.25) is 0 Å². The van der Waals surface area contributed by atoms with E-state index < -0.39 is 0 Å². The smallest absolute Gasteiger partial charge is 0.0693 e. The SMILES string of the molecule is C[C@@H](NC1CCCCCC1O)c1cccnc1. The van der Waals surface area contributed by atoms with E-state index in [0.29, 0.717) is 0 Å². The fourth-order valence-electron chi connectivity index (χ4n) is 2.53. The molecular formula is C14H22N2O. The number of hydrogen-bond donors (Lipinski definition) is 2. The fraction of sp³-hybridized carbons (Fsp3) is 0.643. The van der Waals surface area contributed by atoms with Gasteiger partial charge in [0, 0.05) is 24.5 Å². The molecule has 3 heteroatoms. The molecule has 3 atom stereocenters. The van der Waals surface area contributed by atoms with Gasteiger partial charge in [-0.1, -0.05) is 25.3 Å². The Labute approximate surface area is 103 Å². The third-order valence-electron chi connectivity index (χ3n) is 3.63. The summed E-state index contributed by atoms with van der Waals surface area (Å²) in [5, 5.41) is 13.6. The van der Waals surface area contributed by atoms with Crippen molar-refractivity contribution in [3.63, 3.8) is 0 Å². The van der Waals surface area contributed by atoms with Crippen molar-refractivity contribution < 1.29 is 5.11 Å². The Kier molecular flexibility index (Phi) is 4.51. The molecule has 0 amide bonds. The zero-order valence-corrected chi connectivity index (χ0v) is 10.5. The van der Waals surface area contributed by atoms with E-state index in [9.17, 15) is 5.11 Å². The highest BCUT2D eigenvalue weighted by molar-refractivity contribution is 5.13. The van der Waals surface area contributed by atoms with Gasteiger partial charge in [-0.25, -0.2) is 0 Å². The number of pyridine rings is 1. The molecule has 3 nitrogen and oxygen atoms in total. The third-order valence-corrected chi connectivity index (χ3v) is 3.63. The average molecular weight is 234 g/mol. The van der Waals surface area contributed by atoms with Gasteiger partial charge in [0.25, 0.3) is 0 Å². The predicted octanol–water partition coefficient (Wildman–Crippen LogP) is 2.43. The second-order valence-electron chi connectivity index (χ2n) is 4.99. The summed E-state index contributed by atoms with van der Waals surface area (Å²) in [5.41, 5.74) is 1.18. The van der Waals surface area contributed by atoms with Crippen LogP contribution in [-0.2, 0) is 0 Å². The van der Waals surface area contributed by atoms with Gasteiger partial charge in [-0.15, -0.1) is 0 Å². The maximum atomic E-state index is 10.1. The van der Waals surface area contributed by atoms with Gasteiger partial charge in [0.05, 0.1) is 6.10 Å². The second-order valence-corrected chi connectivity index (χ2v) is 4.99. The van der Waals surface area contributed by atoms with Crippen LogP contribution in [0.5, 0.6) is 0 Å². The molecular weight excluding hydrogens is 212 g/mol. The summed E-state index contributed by atoms with van der Waals surface area (Å²) in [7, 11) is 0.